The fourth-order valence-corrected chi connectivity index (χ4v) is 4.92. The average molecular weight is 200 g/mol. The topological polar surface area (TPSA) is 39.3 Å². The van der Waals surface area contributed by atoms with Crippen LogP contribution in [0.15, 0.2) is 0 Å². The zero-order valence-electron chi connectivity index (χ0n) is 8.40. The highest BCUT2D eigenvalue weighted by Crippen LogP contribution is 2.03. The van der Waals surface area contributed by atoms with Gasteiger partial charge < -0.3 is 14.9 Å². The maximum absolute atomic E-state index is 3.69. The first-order valence-corrected chi connectivity index (χ1v) is 7.53. The van der Waals surface area contributed by atoms with E-state index in [-0.39, 0.29) is 0 Å². The quantitative estimate of drug-likeness (QED) is 0.477. The van der Waals surface area contributed by atoms with Crippen molar-refractivity contribution in [1.82, 2.24) is 19.8 Å². The van der Waals surface area contributed by atoms with Gasteiger partial charge in [0.05, 0.1) is 0 Å². The number of fused-ring (bicyclic) bond motifs is 6. The number of rotatable bonds is 1. The number of hydrogen-bond acceptors (Lipinski definition) is 4. The molecule has 3 aliphatic rings. The molecular formula is C8H20N4Si. The lowest BCUT2D eigenvalue weighted by Gasteiger charge is -2.40. The maximum Gasteiger partial charge on any atom is 0.281 e. The van der Waals surface area contributed by atoms with Gasteiger partial charge in [-0.25, -0.2) is 0 Å². The zero-order chi connectivity index (χ0) is 9.15. The van der Waals surface area contributed by atoms with Crippen LogP contribution in [-0.2, 0) is 0 Å². The van der Waals surface area contributed by atoms with Crippen LogP contribution in [0.4, 0.5) is 0 Å². The molecule has 5 heteroatoms. The van der Waals surface area contributed by atoms with Gasteiger partial charge in [-0.1, -0.05) is 6.92 Å². The fourth-order valence-electron chi connectivity index (χ4n) is 2.18. The molecule has 3 rings (SSSR count). The van der Waals surface area contributed by atoms with Crippen LogP contribution in [0.3, 0.4) is 0 Å². The van der Waals surface area contributed by atoms with Crippen LogP contribution in [0.25, 0.3) is 0 Å². The smallest absolute Gasteiger partial charge is 0.281 e. The third kappa shape index (κ3) is 2.11. The van der Waals surface area contributed by atoms with Crippen molar-refractivity contribution in [3.05, 3.63) is 0 Å². The predicted molar refractivity (Wildman–Crippen MR) is 56.7 cm³/mol. The minimum absolute atomic E-state index is 1.14. The summed E-state index contributed by atoms with van der Waals surface area (Å²) in [6, 6.07) is 1.23. The molecule has 0 spiro atoms. The van der Waals surface area contributed by atoms with Crippen LogP contribution in [0.2, 0.25) is 6.04 Å². The molecule has 0 aliphatic carbocycles. The summed E-state index contributed by atoms with van der Waals surface area (Å²) in [7, 11) is -1.48. The van der Waals surface area contributed by atoms with Crippen LogP contribution < -0.4 is 14.9 Å². The Morgan fingerprint density at radius 3 is 1.85 bits per heavy atom. The van der Waals surface area contributed by atoms with Gasteiger partial charge in [0.2, 0.25) is 0 Å². The molecule has 76 valence electrons. The van der Waals surface area contributed by atoms with E-state index in [9.17, 15) is 0 Å². The zero-order valence-corrected chi connectivity index (χ0v) is 9.40. The molecule has 4 nitrogen and oxygen atoms in total. The van der Waals surface area contributed by atoms with Gasteiger partial charge in [0, 0.05) is 39.3 Å². The monoisotopic (exact) mass is 200 g/mol. The van der Waals surface area contributed by atoms with E-state index in [0.717, 1.165) is 19.6 Å². The maximum atomic E-state index is 3.69. The fraction of sp³-hybridized carbons (Fsp3) is 1.00. The van der Waals surface area contributed by atoms with E-state index in [2.05, 4.69) is 26.8 Å². The van der Waals surface area contributed by atoms with E-state index < -0.39 is 8.56 Å². The standard InChI is InChI=1S/C8H20N4Si/c1-2-13-9-3-6-12(7-4-10-13)8-5-11-13/h9-11H,2-8H2,1H3. The molecule has 0 aromatic rings. The first-order valence-electron chi connectivity index (χ1n) is 5.32. The second kappa shape index (κ2) is 4.06. The van der Waals surface area contributed by atoms with Crippen molar-refractivity contribution < 1.29 is 0 Å². The van der Waals surface area contributed by atoms with Crippen molar-refractivity contribution in [3.63, 3.8) is 0 Å². The van der Waals surface area contributed by atoms with Gasteiger partial charge in [0.15, 0.2) is 0 Å². The SMILES string of the molecule is CC[Si]12NCCN(CCN1)CCN2. The summed E-state index contributed by atoms with van der Waals surface area (Å²) in [6.07, 6.45) is 0. The molecule has 3 saturated heterocycles. The molecule has 3 fully saturated rings. The molecule has 13 heavy (non-hydrogen) atoms. The molecule has 0 amide bonds. The molecule has 0 unspecified atom stereocenters. The minimum atomic E-state index is -1.48. The molecule has 3 N–H and O–H groups in total. The molecule has 0 radical (unpaired) electrons. The average Bonchev–Trinajstić information content (AvgIpc) is 2.01. The Morgan fingerprint density at radius 1 is 1.00 bits per heavy atom. The largest absolute Gasteiger partial charge is 0.312 e. The van der Waals surface area contributed by atoms with Gasteiger partial charge in [-0.3, -0.25) is 4.90 Å². The van der Waals surface area contributed by atoms with E-state index in [1.54, 1.807) is 0 Å². The van der Waals surface area contributed by atoms with Crippen LogP contribution in [0, 0.1) is 0 Å². The highest BCUT2D eigenvalue weighted by Gasteiger charge is 2.34. The summed E-state index contributed by atoms with van der Waals surface area (Å²) in [5, 5.41) is 0. The molecule has 3 aliphatic heterocycles. The number of hydrogen-bond donors (Lipinski definition) is 3. The lowest BCUT2D eigenvalue weighted by molar-refractivity contribution is 0.267. The Balaban J connectivity index is 2.07. The molecule has 0 aromatic heterocycles. The second-order valence-electron chi connectivity index (χ2n) is 3.88. The molecule has 0 saturated carbocycles. The first kappa shape index (κ1) is 9.61. The molecule has 0 atom stereocenters. The van der Waals surface area contributed by atoms with Gasteiger partial charge in [0.25, 0.3) is 8.56 Å². The predicted octanol–water partition coefficient (Wildman–Crippen LogP) is -0.957. The van der Waals surface area contributed by atoms with Crippen molar-refractivity contribution in [1.29, 1.82) is 0 Å². The Hall–Kier alpha value is 0.0569. The summed E-state index contributed by atoms with van der Waals surface area (Å²) < 4.78 is 0. The lowest BCUT2D eigenvalue weighted by Crippen LogP contribution is -2.76. The Labute approximate surface area is 81.3 Å². The van der Waals surface area contributed by atoms with Gasteiger partial charge in [-0.2, -0.15) is 0 Å². The van der Waals surface area contributed by atoms with E-state index in [0.29, 0.717) is 0 Å². The van der Waals surface area contributed by atoms with Crippen molar-refractivity contribution >= 4 is 8.56 Å². The van der Waals surface area contributed by atoms with Gasteiger partial charge in [0.1, 0.15) is 0 Å². The van der Waals surface area contributed by atoms with Gasteiger partial charge in [-0.05, 0) is 6.04 Å². The van der Waals surface area contributed by atoms with Crippen molar-refractivity contribution in [2.75, 3.05) is 39.3 Å². The normalized spacial score (nSPS) is 40.8. The van der Waals surface area contributed by atoms with E-state index >= 15 is 0 Å². The number of nitrogens with zero attached hydrogens (tertiary/aromatic N) is 1. The van der Waals surface area contributed by atoms with Crippen LogP contribution in [0.5, 0.6) is 0 Å². The molecule has 3 heterocycles. The molecule has 2 bridgehead atoms. The summed E-state index contributed by atoms with van der Waals surface area (Å²) in [5.41, 5.74) is 0. The summed E-state index contributed by atoms with van der Waals surface area (Å²) >= 11 is 0. The van der Waals surface area contributed by atoms with Crippen LogP contribution in [-0.4, -0.2) is 52.7 Å². The molecular weight excluding hydrogens is 180 g/mol. The summed E-state index contributed by atoms with van der Waals surface area (Å²) in [5.74, 6) is 0. The van der Waals surface area contributed by atoms with Crippen molar-refractivity contribution in [2.24, 2.45) is 0 Å². The van der Waals surface area contributed by atoms with Gasteiger partial charge >= 0.3 is 0 Å². The highest BCUT2D eigenvalue weighted by molar-refractivity contribution is 6.72. The third-order valence-electron chi connectivity index (χ3n) is 3.09. The first-order chi connectivity index (χ1) is 6.35. The Kier molecular flexibility index (Phi) is 3.00. The highest BCUT2D eigenvalue weighted by atomic mass is 28.4. The Bertz CT molecular complexity index is 149. The second-order valence-corrected chi connectivity index (χ2v) is 7.46. The van der Waals surface area contributed by atoms with Crippen LogP contribution in [0.1, 0.15) is 6.92 Å². The van der Waals surface area contributed by atoms with Crippen molar-refractivity contribution in [3.8, 4) is 0 Å². The van der Waals surface area contributed by atoms with E-state index in [4.69, 9.17) is 0 Å². The Morgan fingerprint density at radius 2 is 1.46 bits per heavy atom. The number of nitrogens with one attached hydrogen (secondary N) is 3. The molecule has 0 aromatic carbocycles. The van der Waals surface area contributed by atoms with Crippen LogP contribution >= 0.6 is 0 Å². The minimum Gasteiger partial charge on any atom is -0.312 e. The lowest BCUT2D eigenvalue weighted by atomic mass is 10.4. The van der Waals surface area contributed by atoms with E-state index in [1.807, 2.05) is 0 Å². The van der Waals surface area contributed by atoms with Crippen molar-refractivity contribution in [2.45, 2.75) is 13.0 Å². The van der Waals surface area contributed by atoms with Gasteiger partial charge in [-0.15, -0.1) is 0 Å². The summed E-state index contributed by atoms with van der Waals surface area (Å²) in [4.78, 5) is 13.6. The summed E-state index contributed by atoms with van der Waals surface area (Å²) in [6.45, 7) is 9.36. The van der Waals surface area contributed by atoms with E-state index in [1.165, 1.54) is 25.7 Å². The third-order valence-corrected chi connectivity index (χ3v) is 6.72.